The Kier molecular flexibility index (Phi) is 4.35. The summed E-state index contributed by atoms with van der Waals surface area (Å²) in [5, 5.41) is 9.74. The lowest BCUT2D eigenvalue weighted by Gasteiger charge is -2.10. The molecule has 0 aliphatic heterocycles. The minimum Gasteiger partial charge on any atom is -0.478 e. The van der Waals surface area contributed by atoms with Gasteiger partial charge in [-0.25, -0.2) is 4.79 Å². The molecule has 0 spiro atoms. The Labute approximate surface area is 130 Å². The molecule has 0 heterocycles. The first-order chi connectivity index (χ1) is 9.36. The second-order valence-electron chi connectivity index (χ2n) is 4.45. The van der Waals surface area contributed by atoms with Crippen LogP contribution in [0.4, 0.5) is 0 Å². The zero-order chi connectivity index (χ0) is 14.9. The van der Waals surface area contributed by atoms with Crippen LogP contribution in [0.3, 0.4) is 0 Å². The highest BCUT2D eigenvalue weighted by Crippen LogP contribution is 2.31. The van der Waals surface area contributed by atoms with Crippen molar-refractivity contribution in [3.05, 3.63) is 56.5 Å². The molecule has 3 nitrogen and oxygen atoms in total. The fourth-order valence-electron chi connectivity index (χ4n) is 1.85. The molecule has 20 heavy (non-hydrogen) atoms. The first-order valence-corrected chi connectivity index (χ1v) is 7.02. The number of halogens is 2. The van der Waals surface area contributed by atoms with E-state index < -0.39 is 5.97 Å². The van der Waals surface area contributed by atoms with Crippen molar-refractivity contribution in [1.29, 1.82) is 0 Å². The Bertz CT molecular complexity index is 660. The topological polar surface area (TPSA) is 46.5 Å². The van der Waals surface area contributed by atoms with Crippen LogP contribution in [0.25, 0.3) is 0 Å². The van der Waals surface area contributed by atoms with E-state index in [0.29, 0.717) is 21.0 Å². The number of aromatic carboxylic acids is 1. The second-order valence-corrected chi connectivity index (χ2v) is 5.75. The highest BCUT2D eigenvalue weighted by Gasteiger charge is 2.09. The molecule has 0 radical (unpaired) electrons. The van der Waals surface area contributed by atoms with Crippen LogP contribution in [0.15, 0.2) is 34.8 Å². The third kappa shape index (κ3) is 3.32. The van der Waals surface area contributed by atoms with Crippen LogP contribution in [0.2, 0.25) is 5.02 Å². The summed E-state index contributed by atoms with van der Waals surface area (Å²) >= 11 is 9.37. The predicted molar refractivity (Wildman–Crippen MR) is 82.1 cm³/mol. The summed E-state index contributed by atoms with van der Waals surface area (Å²) in [6, 6.07) is 8.35. The Balaban J connectivity index is 2.37. The molecule has 2 aromatic carbocycles. The number of benzene rings is 2. The molecule has 0 aromatic heterocycles. The van der Waals surface area contributed by atoms with E-state index >= 15 is 0 Å². The molecule has 0 atom stereocenters. The Hall–Kier alpha value is -1.52. The van der Waals surface area contributed by atoms with Crippen molar-refractivity contribution in [2.24, 2.45) is 0 Å². The number of rotatable bonds is 3. The number of hydrogen-bond donors (Lipinski definition) is 1. The smallest absolute Gasteiger partial charge is 0.335 e. The molecule has 1 N–H and O–H groups in total. The lowest BCUT2D eigenvalue weighted by Crippen LogP contribution is -1.97. The molecular formula is C15H12BrClO3. The Morgan fingerprint density at radius 3 is 2.20 bits per heavy atom. The van der Waals surface area contributed by atoms with E-state index in [1.807, 2.05) is 26.0 Å². The van der Waals surface area contributed by atoms with Gasteiger partial charge in [-0.3, -0.25) is 0 Å². The zero-order valence-corrected chi connectivity index (χ0v) is 13.2. The van der Waals surface area contributed by atoms with Gasteiger partial charge in [-0.1, -0.05) is 27.5 Å². The normalized spacial score (nSPS) is 10.4. The standard InChI is InChI=1S/C15H12BrClO3/c1-8-3-12(4-9(2)14(8)17)20-13-6-10(15(18)19)5-11(16)7-13/h3-7H,1-2H3,(H,18,19). The molecule has 5 heteroatoms. The molecule has 2 aromatic rings. The van der Waals surface area contributed by atoms with Crippen LogP contribution in [0.1, 0.15) is 21.5 Å². The lowest BCUT2D eigenvalue weighted by atomic mass is 10.1. The van der Waals surface area contributed by atoms with Crippen molar-refractivity contribution in [2.45, 2.75) is 13.8 Å². The summed E-state index contributed by atoms with van der Waals surface area (Å²) in [6.07, 6.45) is 0. The Morgan fingerprint density at radius 1 is 1.10 bits per heavy atom. The van der Waals surface area contributed by atoms with Gasteiger partial charge >= 0.3 is 5.97 Å². The molecule has 0 saturated carbocycles. The van der Waals surface area contributed by atoms with Crippen LogP contribution < -0.4 is 4.74 Å². The van der Waals surface area contributed by atoms with E-state index in [-0.39, 0.29) is 5.56 Å². The molecular weight excluding hydrogens is 344 g/mol. The second kappa shape index (κ2) is 5.85. The molecule has 0 saturated heterocycles. The monoisotopic (exact) mass is 354 g/mol. The maximum atomic E-state index is 11.0. The fourth-order valence-corrected chi connectivity index (χ4v) is 2.43. The minimum absolute atomic E-state index is 0.164. The lowest BCUT2D eigenvalue weighted by molar-refractivity contribution is 0.0696. The van der Waals surface area contributed by atoms with Gasteiger partial charge in [0.15, 0.2) is 0 Å². The molecule has 0 fully saturated rings. The quantitative estimate of drug-likeness (QED) is 0.822. The molecule has 0 aliphatic rings. The summed E-state index contributed by atoms with van der Waals surface area (Å²) in [5.41, 5.74) is 1.99. The van der Waals surface area contributed by atoms with Gasteiger partial charge in [-0.05, 0) is 55.3 Å². The number of aryl methyl sites for hydroxylation is 2. The maximum absolute atomic E-state index is 11.0. The van der Waals surface area contributed by atoms with Crippen molar-refractivity contribution in [3.63, 3.8) is 0 Å². The fraction of sp³-hybridized carbons (Fsp3) is 0.133. The van der Waals surface area contributed by atoms with Crippen molar-refractivity contribution < 1.29 is 14.6 Å². The largest absolute Gasteiger partial charge is 0.478 e. The van der Waals surface area contributed by atoms with E-state index in [0.717, 1.165) is 11.1 Å². The van der Waals surface area contributed by atoms with Crippen molar-refractivity contribution in [1.82, 2.24) is 0 Å². The van der Waals surface area contributed by atoms with Gasteiger partial charge in [0.05, 0.1) is 5.56 Å². The third-order valence-corrected chi connectivity index (χ3v) is 3.82. The van der Waals surface area contributed by atoms with Gasteiger partial charge in [0.1, 0.15) is 11.5 Å². The van der Waals surface area contributed by atoms with Crippen LogP contribution >= 0.6 is 27.5 Å². The van der Waals surface area contributed by atoms with E-state index in [1.165, 1.54) is 12.1 Å². The number of ether oxygens (including phenoxy) is 1. The number of hydrogen-bond acceptors (Lipinski definition) is 2. The van der Waals surface area contributed by atoms with Crippen LogP contribution in [0, 0.1) is 13.8 Å². The van der Waals surface area contributed by atoms with Gasteiger partial charge in [0.2, 0.25) is 0 Å². The Morgan fingerprint density at radius 2 is 1.65 bits per heavy atom. The average Bonchev–Trinajstić information content (AvgIpc) is 2.35. The molecule has 0 amide bonds. The molecule has 0 aliphatic carbocycles. The highest BCUT2D eigenvalue weighted by molar-refractivity contribution is 9.10. The first kappa shape index (κ1) is 14.9. The van der Waals surface area contributed by atoms with Gasteiger partial charge < -0.3 is 9.84 Å². The van der Waals surface area contributed by atoms with Gasteiger partial charge in [-0.15, -0.1) is 0 Å². The number of carbonyl (C=O) groups is 1. The average molecular weight is 356 g/mol. The van der Waals surface area contributed by atoms with Crippen LogP contribution in [0.5, 0.6) is 11.5 Å². The summed E-state index contributed by atoms with van der Waals surface area (Å²) in [6.45, 7) is 3.79. The van der Waals surface area contributed by atoms with Crippen molar-refractivity contribution in [3.8, 4) is 11.5 Å². The highest BCUT2D eigenvalue weighted by atomic mass is 79.9. The van der Waals surface area contributed by atoms with E-state index in [4.69, 9.17) is 21.4 Å². The maximum Gasteiger partial charge on any atom is 0.335 e. The molecule has 0 bridgehead atoms. The van der Waals surface area contributed by atoms with E-state index in [1.54, 1.807) is 6.07 Å². The van der Waals surface area contributed by atoms with Gasteiger partial charge in [0, 0.05) is 9.50 Å². The molecule has 2 rings (SSSR count). The molecule has 104 valence electrons. The van der Waals surface area contributed by atoms with Gasteiger partial charge in [0.25, 0.3) is 0 Å². The SMILES string of the molecule is Cc1cc(Oc2cc(Br)cc(C(=O)O)c2)cc(C)c1Cl. The van der Waals surface area contributed by atoms with Crippen molar-refractivity contribution in [2.75, 3.05) is 0 Å². The summed E-state index contributed by atoms with van der Waals surface area (Å²) in [4.78, 5) is 11.0. The van der Waals surface area contributed by atoms with Crippen LogP contribution in [-0.2, 0) is 0 Å². The predicted octanol–water partition coefficient (Wildman–Crippen LogP) is 5.21. The summed E-state index contributed by atoms with van der Waals surface area (Å²) in [5.74, 6) is 0.0800. The number of carboxylic acid groups (broad SMARTS) is 1. The minimum atomic E-state index is -1.00. The van der Waals surface area contributed by atoms with E-state index in [2.05, 4.69) is 15.9 Å². The summed E-state index contributed by atoms with van der Waals surface area (Å²) in [7, 11) is 0. The number of carboxylic acids is 1. The summed E-state index contributed by atoms with van der Waals surface area (Å²) < 4.78 is 6.36. The molecule has 0 unspecified atom stereocenters. The third-order valence-electron chi connectivity index (χ3n) is 2.76. The van der Waals surface area contributed by atoms with Gasteiger partial charge in [-0.2, -0.15) is 0 Å². The first-order valence-electron chi connectivity index (χ1n) is 5.85. The van der Waals surface area contributed by atoms with Crippen LogP contribution in [-0.4, -0.2) is 11.1 Å². The van der Waals surface area contributed by atoms with Crippen molar-refractivity contribution >= 4 is 33.5 Å². The van der Waals surface area contributed by atoms with E-state index in [9.17, 15) is 4.79 Å². The zero-order valence-electron chi connectivity index (χ0n) is 10.9.